The van der Waals surface area contributed by atoms with Gasteiger partial charge in [0.05, 0.1) is 12.8 Å². The molecule has 2 aromatic rings. The second-order valence-electron chi connectivity index (χ2n) is 5.26. The van der Waals surface area contributed by atoms with Crippen molar-refractivity contribution in [3.8, 4) is 11.5 Å². The van der Waals surface area contributed by atoms with E-state index in [1.54, 1.807) is 0 Å². The van der Waals surface area contributed by atoms with Crippen molar-refractivity contribution >= 4 is 29.2 Å². The summed E-state index contributed by atoms with van der Waals surface area (Å²) in [4.78, 5) is 24.5. The van der Waals surface area contributed by atoms with E-state index in [9.17, 15) is 18.4 Å². The summed E-state index contributed by atoms with van der Waals surface area (Å²) in [7, 11) is 1.37. The largest absolute Gasteiger partial charge is 0.496 e. The van der Waals surface area contributed by atoms with Crippen LogP contribution < -0.4 is 14.8 Å². The molecule has 0 radical (unpaired) electrons. The lowest BCUT2D eigenvalue weighted by Gasteiger charge is -2.16. The van der Waals surface area contributed by atoms with E-state index in [0.29, 0.717) is 0 Å². The molecule has 0 unspecified atom stereocenters. The summed E-state index contributed by atoms with van der Waals surface area (Å²) in [5, 5.41) is 2.67. The van der Waals surface area contributed by atoms with Gasteiger partial charge in [0.25, 0.3) is 5.91 Å². The number of carbonyl (C=O) groups is 2. The zero-order valence-electron chi connectivity index (χ0n) is 14.4. The van der Waals surface area contributed by atoms with E-state index in [1.807, 2.05) is 0 Å². The summed E-state index contributed by atoms with van der Waals surface area (Å²) in [6.45, 7) is -1.71. The van der Waals surface area contributed by atoms with Gasteiger partial charge in [-0.3, -0.25) is 4.79 Å². The predicted molar refractivity (Wildman–Crippen MR) is 94.6 cm³/mol. The van der Waals surface area contributed by atoms with Crippen LogP contribution in [0.1, 0.15) is 17.3 Å². The number of anilines is 1. The Labute approximate surface area is 159 Å². The number of carbonyl (C=O) groups excluding carboxylic acids is 2. The molecule has 0 aliphatic heterocycles. The number of hydrogen-bond donors (Lipinski definition) is 1. The van der Waals surface area contributed by atoms with Crippen LogP contribution in [-0.2, 0) is 9.53 Å². The number of alkyl halides is 2. The van der Waals surface area contributed by atoms with Gasteiger partial charge in [0, 0.05) is 5.02 Å². The first-order valence-electron chi connectivity index (χ1n) is 7.71. The first-order valence-corrected chi connectivity index (χ1v) is 8.09. The van der Waals surface area contributed by atoms with Gasteiger partial charge in [0.15, 0.2) is 6.10 Å². The SMILES string of the molecule is COc1ccc(Cl)cc1C(=O)O[C@H](C)C(=O)Nc1ccccc1OC(F)F. The van der Waals surface area contributed by atoms with Crippen molar-refractivity contribution < 1.29 is 32.6 Å². The van der Waals surface area contributed by atoms with Crippen LogP contribution in [-0.4, -0.2) is 31.7 Å². The molecule has 2 rings (SSSR count). The molecule has 144 valence electrons. The van der Waals surface area contributed by atoms with E-state index in [-0.39, 0.29) is 27.8 Å². The topological polar surface area (TPSA) is 73.9 Å². The number of amides is 1. The van der Waals surface area contributed by atoms with Crippen molar-refractivity contribution in [3.63, 3.8) is 0 Å². The quantitative estimate of drug-likeness (QED) is 0.708. The van der Waals surface area contributed by atoms with E-state index in [2.05, 4.69) is 10.1 Å². The second-order valence-corrected chi connectivity index (χ2v) is 5.69. The summed E-state index contributed by atoms with van der Waals surface area (Å²) in [6.07, 6.45) is -1.22. The van der Waals surface area contributed by atoms with Gasteiger partial charge in [0.2, 0.25) is 0 Å². The minimum absolute atomic E-state index is 0.0195. The smallest absolute Gasteiger partial charge is 0.387 e. The van der Waals surface area contributed by atoms with E-state index in [1.165, 1.54) is 56.5 Å². The van der Waals surface area contributed by atoms with Gasteiger partial charge in [-0.2, -0.15) is 8.78 Å². The standard InChI is InChI=1S/C18H16ClF2NO5/c1-10(26-17(24)12-9-11(19)7-8-14(12)25-2)16(23)22-13-5-3-4-6-15(13)27-18(20)21/h3-10,18H,1-2H3,(H,22,23)/t10-/m1/s1. The van der Waals surface area contributed by atoms with Gasteiger partial charge in [0.1, 0.15) is 17.1 Å². The molecule has 1 N–H and O–H groups in total. The molecule has 0 bridgehead atoms. The highest BCUT2D eigenvalue weighted by Crippen LogP contribution is 2.26. The van der Waals surface area contributed by atoms with Crippen molar-refractivity contribution in [1.82, 2.24) is 0 Å². The summed E-state index contributed by atoms with van der Waals surface area (Å²) >= 11 is 5.87. The number of halogens is 3. The Morgan fingerprint density at radius 3 is 2.48 bits per heavy atom. The molecule has 2 aromatic carbocycles. The molecule has 0 saturated carbocycles. The summed E-state index contributed by atoms with van der Waals surface area (Å²) in [6, 6.07) is 10.0. The lowest BCUT2D eigenvalue weighted by atomic mass is 10.2. The number of para-hydroxylation sites is 2. The normalized spacial score (nSPS) is 11.6. The van der Waals surface area contributed by atoms with Crippen LogP contribution >= 0.6 is 11.6 Å². The third-order valence-electron chi connectivity index (χ3n) is 3.40. The average molecular weight is 400 g/mol. The van der Waals surface area contributed by atoms with Gasteiger partial charge >= 0.3 is 12.6 Å². The lowest BCUT2D eigenvalue weighted by molar-refractivity contribution is -0.123. The first-order chi connectivity index (χ1) is 12.8. The second kappa shape index (κ2) is 9.18. The molecule has 0 spiro atoms. The van der Waals surface area contributed by atoms with Gasteiger partial charge in [-0.05, 0) is 37.3 Å². The zero-order valence-corrected chi connectivity index (χ0v) is 15.1. The molecule has 0 fully saturated rings. The van der Waals surface area contributed by atoms with Gasteiger partial charge in [-0.1, -0.05) is 23.7 Å². The monoisotopic (exact) mass is 399 g/mol. The molecule has 1 amide bonds. The number of nitrogens with one attached hydrogen (secondary N) is 1. The Hall–Kier alpha value is -2.87. The minimum Gasteiger partial charge on any atom is -0.496 e. The molecule has 0 aromatic heterocycles. The third-order valence-corrected chi connectivity index (χ3v) is 3.63. The highest BCUT2D eigenvalue weighted by molar-refractivity contribution is 6.31. The Morgan fingerprint density at radius 1 is 1.11 bits per heavy atom. The Kier molecular flexibility index (Phi) is 6.95. The van der Waals surface area contributed by atoms with Crippen LogP contribution in [0.4, 0.5) is 14.5 Å². The fraction of sp³-hybridized carbons (Fsp3) is 0.222. The maximum atomic E-state index is 12.4. The number of ether oxygens (including phenoxy) is 3. The maximum absolute atomic E-state index is 12.4. The van der Waals surface area contributed by atoms with Crippen molar-refractivity contribution in [2.24, 2.45) is 0 Å². The number of methoxy groups -OCH3 is 1. The van der Waals surface area contributed by atoms with E-state index in [4.69, 9.17) is 21.1 Å². The molecule has 0 aliphatic carbocycles. The molecule has 27 heavy (non-hydrogen) atoms. The molecule has 0 saturated heterocycles. The lowest BCUT2D eigenvalue weighted by Crippen LogP contribution is -2.30. The minimum atomic E-state index is -3.05. The average Bonchev–Trinajstić information content (AvgIpc) is 2.62. The van der Waals surface area contributed by atoms with Crippen molar-refractivity contribution in [1.29, 1.82) is 0 Å². The number of hydrogen-bond acceptors (Lipinski definition) is 5. The predicted octanol–water partition coefficient (Wildman–Crippen LogP) is 4.13. The highest BCUT2D eigenvalue weighted by atomic mass is 35.5. The molecular weight excluding hydrogens is 384 g/mol. The Bertz CT molecular complexity index is 831. The number of rotatable bonds is 7. The zero-order chi connectivity index (χ0) is 20.0. The van der Waals surface area contributed by atoms with Crippen molar-refractivity contribution in [2.75, 3.05) is 12.4 Å². The molecule has 1 atom stereocenters. The number of esters is 1. The summed E-state index contributed by atoms with van der Waals surface area (Å²) < 4.78 is 39.4. The van der Waals surface area contributed by atoms with Crippen molar-refractivity contribution in [2.45, 2.75) is 19.6 Å². The number of benzene rings is 2. The maximum Gasteiger partial charge on any atom is 0.387 e. The van der Waals surface area contributed by atoms with Crippen LogP contribution in [0.25, 0.3) is 0 Å². The van der Waals surface area contributed by atoms with Crippen LogP contribution in [0.2, 0.25) is 5.02 Å². The molecule has 6 nitrogen and oxygen atoms in total. The van der Waals surface area contributed by atoms with E-state index < -0.39 is 24.6 Å². The summed E-state index contributed by atoms with van der Waals surface area (Å²) in [5.41, 5.74) is 0.0668. The van der Waals surface area contributed by atoms with Crippen LogP contribution in [0.5, 0.6) is 11.5 Å². The molecule has 9 heteroatoms. The highest BCUT2D eigenvalue weighted by Gasteiger charge is 2.23. The van der Waals surface area contributed by atoms with Gasteiger partial charge in [-0.15, -0.1) is 0 Å². The summed E-state index contributed by atoms with van der Waals surface area (Å²) in [5.74, 6) is -1.53. The van der Waals surface area contributed by atoms with Crippen LogP contribution in [0, 0.1) is 0 Å². The molecule has 0 aliphatic rings. The van der Waals surface area contributed by atoms with Crippen LogP contribution in [0.15, 0.2) is 42.5 Å². The van der Waals surface area contributed by atoms with E-state index in [0.717, 1.165) is 0 Å². The van der Waals surface area contributed by atoms with Gasteiger partial charge < -0.3 is 19.5 Å². The Morgan fingerprint density at radius 2 is 1.81 bits per heavy atom. The molecular formula is C18H16ClF2NO5. The van der Waals surface area contributed by atoms with E-state index >= 15 is 0 Å². The third kappa shape index (κ3) is 5.55. The Balaban J connectivity index is 2.08. The fourth-order valence-corrected chi connectivity index (χ4v) is 2.29. The first kappa shape index (κ1) is 20.4. The van der Waals surface area contributed by atoms with Crippen molar-refractivity contribution in [3.05, 3.63) is 53.1 Å². The van der Waals surface area contributed by atoms with Gasteiger partial charge in [-0.25, -0.2) is 4.79 Å². The molecule has 0 heterocycles. The van der Waals surface area contributed by atoms with Crippen LogP contribution in [0.3, 0.4) is 0 Å². The fourth-order valence-electron chi connectivity index (χ4n) is 2.12.